The molecule has 0 saturated heterocycles. The van der Waals surface area contributed by atoms with Crippen LogP contribution in [0, 0.1) is 23.7 Å². The average Bonchev–Trinajstić information content (AvgIpc) is 2.45. The number of carbonyl (C=O) groups is 1. The van der Waals surface area contributed by atoms with Crippen LogP contribution < -0.4 is 0 Å². The zero-order valence-corrected chi connectivity index (χ0v) is 8.05. The van der Waals surface area contributed by atoms with Crippen LogP contribution in [0.3, 0.4) is 0 Å². The topological polar surface area (TPSA) is 37.3 Å². The summed E-state index contributed by atoms with van der Waals surface area (Å²) in [6.07, 6.45) is 9.23. The summed E-state index contributed by atoms with van der Waals surface area (Å²) in [6.45, 7) is 2.03. The first kappa shape index (κ1) is 10.1. The summed E-state index contributed by atoms with van der Waals surface area (Å²) in [5.41, 5.74) is -0.521. The Labute approximate surface area is 79.3 Å². The summed E-state index contributed by atoms with van der Waals surface area (Å²) in [5, 5.41) is 9.19. The van der Waals surface area contributed by atoms with Gasteiger partial charge in [0.2, 0.25) is 0 Å². The maximum atomic E-state index is 11.2. The first-order valence-electron chi connectivity index (χ1n) is 4.80. The van der Waals surface area contributed by atoms with Gasteiger partial charge in [0.25, 0.3) is 0 Å². The van der Waals surface area contributed by atoms with Crippen molar-refractivity contribution in [1.82, 2.24) is 0 Å². The molecule has 0 amide bonds. The van der Waals surface area contributed by atoms with Gasteiger partial charge in [-0.1, -0.05) is 13.3 Å². The molecule has 1 aliphatic carbocycles. The molecule has 0 aromatic rings. The molecule has 1 rings (SSSR count). The van der Waals surface area contributed by atoms with E-state index in [0.29, 0.717) is 12.8 Å². The first-order chi connectivity index (χ1) is 6.13. The number of carboxylic acids is 1. The second kappa shape index (κ2) is 3.83. The lowest BCUT2D eigenvalue weighted by atomic mass is 9.75. The van der Waals surface area contributed by atoms with Crippen LogP contribution in [-0.4, -0.2) is 11.1 Å². The fourth-order valence-electron chi connectivity index (χ4n) is 2.34. The Balaban J connectivity index is 2.76. The third kappa shape index (κ3) is 1.70. The van der Waals surface area contributed by atoms with Crippen molar-refractivity contribution in [1.29, 1.82) is 0 Å². The molecular formula is C11H16O2. The molecule has 0 aromatic carbocycles. The van der Waals surface area contributed by atoms with Crippen molar-refractivity contribution in [2.24, 2.45) is 11.3 Å². The SMILES string of the molecule is C#CCCC1(C(=O)O)CCCC1C. The molecule has 1 fully saturated rings. The minimum Gasteiger partial charge on any atom is -0.481 e. The lowest BCUT2D eigenvalue weighted by molar-refractivity contribution is -0.151. The van der Waals surface area contributed by atoms with Gasteiger partial charge in [0, 0.05) is 6.42 Å². The van der Waals surface area contributed by atoms with Crippen LogP contribution in [0.15, 0.2) is 0 Å². The molecule has 2 unspecified atom stereocenters. The van der Waals surface area contributed by atoms with Crippen LogP contribution in [0.5, 0.6) is 0 Å². The van der Waals surface area contributed by atoms with Crippen LogP contribution in [0.2, 0.25) is 0 Å². The van der Waals surface area contributed by atoms with Gasteiger partial charge in [-0.05, 0) is 25.2 Å². The van der Waals surface area contributed by atoms with E-state index in [4.69, 9.17) is 6.42 Å². The highest BCUT2D eigenvalue weighted by atomic mass is 16.4. The van der Waals surface area contributed by atoms with E-state index in [-0.39, 0.29) is 5.92 Å². The van der Waals surface area contributed by atoms with Gasteiger partial charge in [0.1, 0.15) is 0 Å². The van der Waals surface area contributed by atoms with Gasteiger partial charge in [-0.25, -0.2) is 0 Å². The molecule has 0 bridgehead atoms. The molecule has 2 heteroatoms. The summed E-state index contributed by atoms with van der Waals surface area (Å²) in [7, 11) is 0. The summed E-state index contributed by atoms with van der Waals surface area (Å²) in [4.78, 5) is 11.2. The quantitative estimate of drug-likeness (QED) is 0.676. The first-order valence-corrected chi connectivity index (χ1v) is 4.80. The largest absolute Gasteiger partial charge is 0.481 e. The van der Waals surface area contributed by atoms with Gasteiger partial charge >= 0.3 is 5.97 Å². The third-order valence-corrected chi connectivity index (χ3v) is 3.34. The van der Waals surface area contributed by atoms with Crippen LogP contribution in [-0.2, 0) is 4.79 Å². The second-order valence-electron chi connectivity index (χ2n) is 3.96. The smallest absolute Gasteiger partial charge is 0.309 e. The highest BCUT2D eigenvalue weighted by Crippen LogP contribution is 2.46. The second-order valence-corrected chi connectivity index (χ2v) is 3.96. The van der Waals surface area contributed by atoms with Crippen molar-refractivity contribution < 1.29 is 9.90 Å². The number of rotatable bonds is 3. The van der Waals surface area contributed by atoms with Crippen LogP contribution in [0.1, 0.15) is 39.0 Å². The van der Waals surface area contributed by atoms with E-state index >= 15 is 0 Å². The number of aliphatic carboxylic acids is 1. The Morgan fingerprint density at radius 1 is 1.77 bits per heavy atom. The molecule has 1 aliphatic rings. The number of hydrogen-bond donors (Lipinski definition) is 1. The predicted octanol–water partition coefficient (Wildman–Crippen LogP) is 2.29. The third-order valence-electron chi connectivity index (χ3n) is 3.34. The van der Waals surface area contributed by atoms with E-state index in [1.54, 1.807) is 0 Å². The molecule has 0 radical (unpaired) electrons. The monoisotopic (exact) mass is 180 g/mol. The molecular weight excluding hydrogens is 164 g/mol. The summed E-state index contributed by atoms with van der Waals surface area (Å²) in [5.74, 6) is 2.15. The molecule has 13 heavy (non-hydrogen) atoms. The minimum atomic E-state index is -0.659. The highest BCUT2D eigenvalue weighted by molar-refractivity contribution is 5.75. The molecule has 0 aliphatic heterocycles. The van der Waals surface area contributed by atoms with Gasteiger partial charge in [-0.15, -0.1) is 12.3 Å². The van der Waals surface area contributed by atoms with Gasteiger partial charge in [0.15, 0.2) is 0 Å². The van der Waals surface area contributed by atoms with Gasteiger partial charge in [0.05, 0.1) is 5.41 Å². The lowest BCUT2D eigenvalue weighted by Gasteiger charge is -2.28. The molecule has 2 nitrogen and oxygen atoms in total. The molecule has 0 aromatic heterocycles. The molecule has 0 spiro atoms. The zero-order valence-electron chi connectivity index (χ0n) is 8.05. The Bertz CT molecular complexity index is 239. The van der Waals surface area contributed by atoms with Gasteiger partial charge in [-0.2, -0.15) is 0 Å². The highest BCUT2D eigenvalue weighted by Gasteiger charge is 2.46. The summed E-state index contributed by atoms with van der Waals surface area (Å²) >= 11 is 0. The maximum absolute atomic E-state index is 11.2. The van der Waals surface area contributed by atoms with Crippen molar-refractivity contribution in [3.05, 3.63) is 0 Å². The van der Waals surface area contributed by atoms with Gasteiger partial charge < -0.3 is 5.11 Å². The van der Waals surface area contributed by atoms with E-state index in [1.807, 2.05) is 6.92 Å². The predicted molar refractivity (Wildman–Crippen MR) is 51.2 cm³/mol. The molecule has 72 valence electrons. The maximum Gasteiger partial charge on any atom is 0.309 e. The average molecular weight is 180 g/mol. The van der Waals surface area contributed by atoms with Crippen molar-refractivity contribution in [3.8, 4) is 12.3 Å². The van der Waals surface area contributed by atoms with Crippen molar-refractivity contribution in [3.63, 3.8) is 0 Å². The number of hydrogen-bond acceptors (Lipinski definition) is 1. The molecule has 1 N–H and O–H groups in total. The number of terminal acetylenes is 1. The Kier molecular flexibility index (Phi) is 2.98. The standard InChI is InChI=1S/C11H16O2/c1-3-4-7-11(10(12)13)8-5-6-9(11)2/h1,9H,4-8H2,2H3,(H,12,13). The summed E-state index contributed by atoms with van der Waals surface area (Å²) in [6, 6.07) is 0. The fourth-order valence-corrected chi connectivity index (χ4v) is 2.34. The normalized spacial score (nSPS) is 32.8. The Hall–Kier alpha value is -0.970. The van der Waals surface area contributed by atoms with Crippen LogP contribution in [0.25, 0.3) is 0 Å². The van der Waals surface area contributed by atoms with Crippen molar-refractivity contribution in [2.45, 2.75) is 39.0 Å². The van der Waals surface area contributed by atoms with Gasteiger partial charge in [-0.3, -0.25) is 4.79 Å². The van der Waals surface area contributed by atoms with E-state index in [9.17, 15) is 9.90 Å². The van der Waals surface area contributed by atoms with E-state index < -0.39 is 11.4 Å². The lowest BCUT2D eigenvalue weighted by Crippen LogP contribution is -2.33. The number of carboxylic acid groups (broad SMARTS) is 1. The van der Waals surface area contributed by atoms with E-state index in [0.717, 1.165) is 19.3 Å². The molecule has 1 saturated carbocycles. The fraction of sp³-hybridized carbons (Fsp3) is 0.727. The summed E-state index contributed by atoms with van der Waals surface area (Å²) < 4.78 is 0. The Morgan fingerprint density at radius 3 is 2.85 bits per heavy atom. The molecule has 0 heterocycles. The zero-order chi connectivity index (χ0) is 9.90. The molecule has 2 atom stereocenters. The van der Waals surface area contributed by atoms with E-state index in [2.05, 4.69) is 5.92 Å². The Morgan fingerprint density at radius 2 is 2.46 bits per heavy atom. The van der Waals surface area contributed by atoms with Crippen LogP contribution in [0.4, 0.5) is 0 Å². The van der Waals surface area contributed by atoms with E-state index in [1.165, 1.54) is 0 Å². The van der Waals surface area contributed by atoms with Crippen molar-refractivity contribution in [2.75, 3.05) is 0 Å². The van der Waals surface area contributed by atoms with Crippen LogP contribution >= 0.6 is 0 Å². The van der Waals surface area contributed by atoms with Crippen molar-refractivity contribution >= 4 is 5.97 Å². The minimum absolute atomic E-state index is 0.276.